The zero-order valence-corrected chi connectivity index (χ0v) is 11.6. The molecule has 1 aromatic heterocycles. The number of halogens is 1. The van der Waals surface area contributed by atoms with Gasteiger partial charge < -0.3 is 15.8 Å². The minimum absolute atomic E-state index is 0.139. The monoisotopic (exact) mass is 289 g/mol. The summed E-state index contributed by atoms with van der Waals surface area (Å²) >= 11 is 0. The summed E-state index contributed by atoms with van der Waals surface area (Å²) < 4.78 is 18.2. The summed E-state index contributed by atoms with van der Waals surface area (Å²) in [4.78, 5) is 15.7. The molecule has 0 radical (unpaired) electrons. The van der Waals surface area contributed by atoms with Gasteiger partial charge in [0.1, 0.15) is 17.3 Å². The maximum atomic E-state index is 12.8. The fourth-order valence-electron chi connectivity index (χ4n) is 1.82. The van der Waals surface area contributed by atoms with Crippen LogP contribution in [0.15, 0.2) is 36.5 Å². The Morgan fingerprint density at radius 1 is 1.38 bits per heavy atom. The van der Waals surface area contributed by atoms with Crippen LogP contribution < -0.4 is 15.8 Å². The summed E-state index contributed by atoms with van der Waals surface area (Å²) in [6, 6.07) is 7.71. The number of pyridine rings is 1. The van der Waals surface area contributed by atoms with Gasteiger partial charge in [-0.3, -0.25) is 4.79 Å². The van der Waals surface area contributed by atoms with E-state index >= 15 is 0 Å². The maximum Gasteiger partial charge on any atom is 0.274 e. The lowest BCUT2D eigenvalue weighted by Crippen LogP contribution is -2.14. The van der Waals surface area contributed by atoms with Gasteiger partial charge >= 0.3 is 0 Å². The highest BCUT2D eigenvalue weighted by molar-refractivity contribution is 6.02. The summed E-state index contributed by atoms with van der Waals surface area (Å²) in [5, 5.41) is 2.69. The quantitative estimate of drug-likeness (QED) is 0.885. The maximum absolute atomic E-state index is 12.8. The molecule has 1 heterocycles. The van der Waals surface area contributed by atoms with Gasteiger partial charge in [0.15, 0.2) is 0 Å². The van der Waals surface area contributed by atoms with Crippen molar-refractivity contribution in [1.82, 2.24) is 4.98 Å². The molecule has 6 heteroatoms. The second-order valence-electron chi connectivity index (χ2n) is 4.28. The van der Waals surface area contributed by atoms with Crippen molar-refractivity contribution in [3.05, 3.63) is 53.6 Å². The van der Waals surface area contributed by atoms with Crippen molar-refractivity contribution in [2.24, 2.45) is 5.73 Å². The zero-order chi connectivity index (χ0) is 15.2. The molecular formula is C15H16FN3O2. The van der Waals surface area contributed by atoms with Gasteiger partial charge in [0.25, 0.3) is 5.91 Å². The van der Waals surface area contributed by atoms with Crippen LogP contribution in [0, 0.1) is 5.82 Å². The first-order chi connectivity index (χ1) is 10.1. The second-order valence-corrected chi connectivity index (χ2v) is 4.28. The van der Waals surface area contributed by atoms with Crippen LogP contribution in [0.1, 0.15) is 23.0 Å². The Labute approximate surface area is 121 Å². The van der Waals surface area contributed by atoms with Crippen LogP contribution in [-0.2, 0) is 6.54 Å². The molecule has 0 unspecified atom stereocenters. The molecule has 3 N–H and O–H groups in total. The Kier molecular flexibility index (Phi) is 4.84. The fraction of sp³-hybridized carbons (Fsp3) is 0.200. The number of nitrogens with two attached hydrogens (primary N) is 1. The number of rotatable bonds is 5. The third-order valence-corrected chi connectivity index (χ3v) is 2.80. The van der Waals surface area contributed by atoms with Crippen LogP contribution in [0.5, 0.6) is 5.75 Å². The molecule has 0 atom stereocenters. The van der Waals surface area contributed by atoms with Crippen LogP contribution in [0.2, 0.25) is 0 Å². The molecule has 0 fully saturated rings. The number of benzene rings is 1. The van der Waals surface area contributed by atoms with Crippen molar-refractivity contribution in [1.29, 1.82) is 0 Å². The van der Waals surface area contributed by atoms with Crippen LogP contribution in [-0.4, -0.2) is 17.5 Å². The Morgan fingerprint density at radius 2 is 2.19 bits per heavy atom. The van der Waals surface area contributed by atoms with E-state index < -0.39 is 11.7 Å². The van der Waals surface area contributed by atoms with Crippen molar-refractivity contribution >= 4 is 11.6 Å². The summed E-state index contributed by atoms with van der Waals surface area (Å²) in [7, 11) is 0. The lowest BCUT2D eigenvalue weighted by atomic mass is 10.1. The van der Waals surface area contributed by atoms with Gasteiger partial charge in [0.2, 0.25) is 0 Å². The van der Waals surface area contributed by atoms with E-state index in [2.05, 4.69) is 10.3 Å². The fourth-order valence-corrected chi connectivity index (χ4v) is 1.82. The molecule has 0 saturated heterocycles. The number of hydrogen-bond donors (Lipinski definition) is 2. The summed E-state index contributed by atoms with van der Waals surface area (Å²) in [6.07, 6.45) is 0.998. The Balaban J connectivity index is 2.15. The molecule has 1 aromatic carbocycles. The number of nitrogens with zero attached hydrogens (tertiary/aromatic N) is 1. The standard InChI is InChI=1S/C15H16FN3O2/c1-2-21-14-6-4-12(7-10(14)8-17)19-15(20)13-5-3-11(16)9-18-13/h3-7,9H,2,8,17H2,1H3,(H,19,20). The number of ether oxygens (including phenoxy) is 1. The molecule has 0 aliphatic rings. The van der Waals surface area contributed by atoms with E-state index in [0.29, 0.717) is 24.6 Å². The highest BCUT2D eigenvalue weighted by atomic mass is 19.1. The van der Waals surface area contributed by atoms with Crippen LogP contribution >= 0.6 is 0 Å². The topological polar surface area (TPSA) is 77.2 Å². The van der Waals surface area contributed by atoms with Crippen molar-refractivity contribution in [3.8, 4) is 5.75 Å². The molecule has 2 aromatic rings. The van der Waals surface area contributed by atoms with Crippen molar-refractivity contribution in [3.63, 3.8) is 0 Å². The highest BCUT2D eigenvalue weighted by Crippen LogP contribution is 2.22. The second kappa shape index (κ2) is 6.81. The van der Waals surface area contributed by atoms with E-state index in [9.17, 15) is 9.18 Å². The van der Waals surface area contributed by atoms with E-state index in [4.69, 9.17) is 10.5 Å². The number of hydrogen-bond acceptors (Lipinski definition) is 4. The minimum Gasteiger partial charge on any atom is -0.494 e. The Morgan fingerprint density at radius 3 is 2.81 bits per heavy atom. The Bertz CT molecular complexity index is 629. The van der Waals surface area contributed by atoms with E-state index in [0.717, 1.165) is 11.8 Å². The lowest BCUT2D eigenvalue weighted by Gasteiger charge is -2.11. The number of carbonyl (C=O) groups is 1. The first-order valence-corrected chi connectivity index (χ1v) is 6.52. The number of carbonyl (C=O) groups excluding carboxylic acids is 1. The molecule has 0 aliphatic carbocycles. The first-order valence-electron chi connectivity index (χ1n) is 6.52. The number of anilines is 1. The number of nitrogens with one attached hydrogen (secondary N) is 1. The predicted octanol–water partition coefficient (Wildman–Crippen LogP) is 2.33. The first kappa shape index (κ1) is 14.9. The van der Waals surface area contributed by atoms with E-state index in [-0.39, 0.29) is 5.69 Å². The summed E-state index contributed by atoms with van der Waals surface area (Å²) in [5.74, 6) is -0.210. The van der Waals surface area contributed by atoms with Gasteiger partial charge in [-0.05, 0) is 37.3 Å². The number of amides is 1. The van der Waals surface area contributed by atoms with Crippen molar-refractivity contribution in [2.45, 2.75) is 13.5 Å². The van der Waals surface area contributed by atoms with E-state index in [1.165, 1.54) is 12.1 Å². The van der Waals surface area contributed by atoms with Gasteiger partial charge in [-0.15, -0.1) is 0 Å². The van der Waals surface area contributed by atoms with Crippen LogP contribution in [0.25, 0.3) is 0 Å². The van der Waals surface area contributed by atoms with Gasteiger partial charge in [-0.1, -0.05) is 0 Å². The molecule has 0 aliphatic heterocycles. The zero-order valence-electron chi connectivity index (χ0n) is 11.6. The molecule has 110 valence electrons. The van der Waals surface area contributed by atoms with E-state index in [1.54, 1.807) is 18.2 Å². The Hall–Kier alpha value is -2.47. The van der Waals surface area contributed by atoms with Crippen molar-refractivity contribution in [2.75, 3.05) is 11.9 Å². The predicted molar refractivity (Wildman–Crippen MR) is 77.7 cm³/mol. The molecule has 1 amide bonds. The third-order valence-electron chi connectivity index (χ3n) is 2.80. The van der Waals surface area contributed by atoms with Gasteiger partial charge in [0, 0.05) is 17.8 Å². The molecular weight excluding hydrogens is 273 g/mol. The normalized spacial score (nSPS) is 10.2. The molecule has 0 bridgehead atoms. The average molecular weight is 289 g/mol. The van der Waals surface area contributed by atoms with E-state index in [1.807, 2.05) is 6.92 Å². The number of aromatic nitrogens is 1. The smallest absolute Gasteiger partial charge is 0.274 e. The van der Waals surface area contributed by atoms with Gasteiger partial charge in [0.05, 0.1) is 12.8 Å². The van der Waals surface area contributed by atoms with Gasteiger partial charge in [-0.2, -0.15) is 0 Å². The molecule has 0 saturated carbocycles. The average Bonchev–Trinajstić information content (AvgIpc) is 2.49. The highest BCUT2D eigenvalue weighted by Gasteiger charge is 2.09. The van der Waals surface area contributed by atoms with Crippen molar-refractivity contribution < 1.29 is 13.9 Å². The minimum atomic E-state index is -0.488. The SMILES string of the molecule is CCOc1ccc(NC(=O)c2ccc(F)cn2)cc1CN. The molecule has 2 rings (SSSR count). The lowest BCUT2D eigenvalue weighted by molar-refractivity contribution is 0.102. The summed E-state index contributed by atoms with van der Waals surface area (Å²) in [6.45, 7) is 2.72. The third kappa shape index (κ3) is 3.76. The van der Waals surface area contributed by atoms with Gasteiger partial charge in [-0.25, -0.2) is 9.37 Å². The molecule has 5 nitrogen and oxygen atoms in total. The van der Waals surface area contributed by atoms with Crippen LogP contribution in [0.4, 0.5) is 10.1 Å². The van der Waals surface area contributed by atoms with Crippen LogP contribution in [0.3, 0.4) is 0 Å². The molecule has 0 spiro atoms. The largest absolute Gasteiger partial charge is 0.494 e. The summed E-state index contributed by atoms with van der Waals surface area (Å²) in [5.41, 5.74) is 7.17. The molecule has 21 heavy (non-hydrogen) atoms.